The van der Waals surface area contributed by atoms with Crippen LogP contribution in [0.2, 0.25) is 0 Å². The first-order chi connectivity index (χ1) is 10.2. The van der Waals surface area contributed by atoms with E-state index in [0.29, 0.717) is 12.0 Å². The molecule has 3 nitrogen and oxygen atoms in total. The van der Waals surface area contributed by atoms with E-state index in [1.807, 2.05) is 31.3 Å². The van der Waals surface area contributed by atoms with Crippen LogP contribution in [0.4, 0.5) is 0 Å². The van der Waals surface area contributed by atoms with Gasteiger partial charge in [-0.25, -0.2) is 0 Å². The van der Waals surface area contributed by atoms with Crippen LogP contribution in [0, 0.1) is 18.3 Å². The second-order valence-corrected chi connectivity index (χ2v) is 5.75. The lowest BCUT2D eigenvalue weighted by atomic mass is 10.1. The van der Waals surface area contributed by atoms with E-state index in [0.717, 1.165) is 36.9 Å². The first kappa shape index (κ1) is 13.6. The van der Waals surface area contributed by atoms with Crippen LogP contribution in [0.25, 0.3) is 0 Å². The van der Waals surface area contributed by atoms with Crippen molar-refractivity contribution in [3.63, 3.8) is 0 Å². The van der Waals surface area contributed by atoms with E-state index in [2.05, 4.69) is 16.8 Å². The Labute approximate surface area is 124 Å². The summed E-state index contributed by atoms with van der Waals surface area (Å²) in [7, 11) is 0. The quantitative estimate of drug-likeness (QED) is 0.787. The van der Waals surface area contributed by atoms with Gasteiger partial charge in [0.1, 0.15) is 0 Å². The molecule has 1 aliphatic carbocycles. The van der Waals surface area contributed by atoms with Crippen molar-refractivity contribution in [2.24, 2.45) is 0 Å². The minimum Gasteiger partial charge on any atom is -0.349 e. The number of aryl methyl sites for hydroxylation is 2. The highest BCUT2D eigenvalue weighted by Crippen LogP contribution is 2.22. The van der Waals surface area contributed by atoms with Crippen molar-refractivity contribution in [2.45, 2.75) is 39.2 Å². The van der Waals surface area contributed by atoms with Gasteiger partial charge < -0.3 is 4.57 Å². The topological polar surface area (TPSA) is 45.8 Å². The fourth-order valence-electron chi connectivity index (χ4n) is 2.97. The third-order valence-corrected chi connectivity index (χ3v) is 4.19. The van der Waals surface area contributed by atoms with Crippen molar-refractivity contribution >= 4 is 5.78 Å². The van der Waals surface area contributed by atoms with Gasteiger partial charge >= 0.3 is 0 Å². The van der Waals surface area contributed by atoms with Crippen LogP contribution in [-0.2, 0) is 13.0 Å². The molecule has 3 rings (SSSR count). The third-order valence-electron chi connectivity index (χ3n) is 4.19. The van der Waals surface area contributed by atoms with Crippen LogP contribution in [-0.4, -0.2) is 10.4 Å². The summed E-state index contributed by atoms with van der Waals surface area (Å²) in [5.74, 6) is 0.276. The largest absolute Gasteiger partial charge is 0.349 e. The summed E-state index contributed by atoms with van der Waals surface area (Å²) in [4.78, 5) is 12.1. The van der Waals surface area contributed by atoms with Crippen molar-refractivity contribution in [1.82, 2.24) is 4.57 Å². The molecule has 3 heteroatoms. The maximum atomic E-state index is 12.1. The molecule has 0 atom stereocenters. The first-order valence-electron chi connectivity index (χ1n) is 7.39. The number of benzene rings is 1. The number of Topliss-reactive ketones (excluding diaryl/α,β-unsaturated/α-hetero) is 1. The number of ketones is 1. The van der Waals surface area contributed by atoms with Gasteiger partial charge in [-0.05, 0) is 55.0 Å². The molecule has 2 aromatic rings. The summed E-state index contributed by atoms with van der Waals surface area (Å²) in [6.07, 6.45) is 7.87. The molecule has 0 saturated carbocycles. The Morgan fingerprint density at radius 1 is 1.24 bits per heavy atom. The minimum absolute atomic E-state index is 0.276. The SMILES string of the molecule is Cc1cc(C#N)ccc1Cn1cc2c(c1)C(=O)CCCC2. The van der Waals surface area contributed by atoms with Gasteiger partial charge in [-0.3, -0.25) is 4.79 Å². The van der Waals surface area contributed by atoms with Crippen molar-refractivity contribution in [1.29, 1.82) is 5.26 Å². The highest BCUT2D eigenvalue weighted by atomic mass is 16.1. The molecule has 0 saturated heterocycles. The zero-order valence-corrected chi connectivity index (χ0v) is 12.2. The molecule has 0 radical (unpaired) electrons. The Balaban J connectivity index is 1.88. The zero-order valence-electron chi connectivity index (χ0n) is 12.2. The highest BCUT2D eigenvalue weighted by Gasteiger charge is 2.17. The van der Waals surface area contributed by atoms with Crippen LogP contribution in [0.15, 0.2) is 30.6 Å². The van der Waals surface area contributed by atoms with Gasteiger partial charge in [0.05, 0.1) is 11.6 Å². The van der Waals surface area contributed by atoms with Gasteiger partial charge in [-0.2, -0.15) is 5.26 Å². The van der Waals surface area contributed by atoms with E-state index < -0.39 is 0 Å². The maximum absolute atomic E-state index is 12.1. The van der Waals surface area contributed by atoms with E-state index in [4.69, 9.17) is 5.26 Å². The molecule has 21 heavy (non-hydrogen) atoms. The number of rotatable bonds is 2. The number of carbonyl (C=O) groups excluding carboxylic acids is 1. The highest BCUT2D eigenvalue weighted by molar-refractivity contribution is 5.97. The van der Waals surface area contributed by atoms with Crippen molar-refractivity contribution in [3.8, 4) is 6.07 Å². The van der Waals surface area contributed by atoms with Crippen LogP contribution < -0.4 is 0 Å². The lowest BCUT2D eigenvalue weighted by Crippen LogP contribution is -2.00. The summed E-state index contributed by atoms with van der Waals surface area (Å²) >= 11 is 0. The van der Waals surface area contributed by atoms with Crippen LogP contribution in [0.3, 0.4) is 0 Å². The number of aromatic nitrogens is 1. The van der Waals surface area contributed by atoms with Crippen molar-refractivity contribution < 1.29 is 4.79 Å². The molecule has 1 aliphatic rings. The van der Waals surface area contributed by atoms with E-state index in [1.165, 1.54) is 11.1 Å². The predicted octanol–water partition coefficient (Wildman–Crippen LogP) is 3.63. The van der Waals surface area contributed by atoms with E-state index >= 15 is 0 Å². The number of carbonyl (C=O) groups is 1. The van der Waals surface area contributed by atoms with Crippen molar-refractivity contribution in [3.05, 3.63) is 58.4 Å². The number of hydrogen-bond donors (Lipinski definition) is 0. The van der Waals surface area contributed by atoms with Gasteiger partial charge in [0.25, 0.3) is 0 Å². The molecule has 0 spiro atoms. The van der Waals surface area contributed by atoms with Crippen LogP contribution in [0.5, 0.6) is 0 Å². The Morgan fingerprint density at radius 3 is 2.81 bits per heavy atom. The van der Waals surface area contributed by atoms with E-state index in [1.54, 1.807) is 0 Å². The van der Waals surface area contributed by atoms with Gasteiger partial charge in [-0.15, -0.1) is 0 Å². The van der Waals surface area contributed by atoms with Crippen molar-refractivity contribution in [2.75, 3.05) is 0 Å². The standard InChI is InChI=1S/C18H18N2O/c1-13-8-14(9-19)6-7-15(13)10-20-11-16-4-2-3-5-18(21)17(16)12-20/h6-8,11-12H,2-5,10H2,1H3. The molecule has 0 unspecified atom stereocenters. The van der Waals surface area contributed by atoms with E-state index in [-0.39, 0.29) is 5.78 Å². The van der Waals surface area contributed by atoms with Gasteiger partial charge in [-0.1, -0.05) is 6.07 Å². The fourth-order valence-corrected chi connectivity index (χ4v) is 2.97. The fraction of sp³-hybridized carbons (Fsp3) is 0.333. The average molecular weight is 278 g/mol. The molecule has 0 N–H and O–H groups in total. The molecule has 1 aromatic carbocycles. The summed E-state index contributed by atoms with van der Waals surface area (Å²) in [6, 6.07) is 7.92. The Kier molecular flexibility index (Phi) is 3.62. The Morgan fingerprint density at radius 2 is 2.05 bits per heavy atom. The molecular formula is C18H18N2O. The predicted molar refractivity (Wildman–Crippen MR) is 81.3 cm³/mol. The first-order valence-corrected chi connectivity index (χ1v) is 7.39. The summed E-state index contributed by atoms with van der Waals surface area (Å²) in [6.45, 7) is 2.77. The summed E-state index contributed by atoms with van der Waals surface area (Å²) < 4.78 is 2.10. The van der Waals surface area contributed by atoms with Crippen LogP contribution >= 0.6 is 0 Å². The average Bonchev–Trinajstić information content (AvgIpc) is 2.81. The second-order valence-electron chi connectivity index (χ2n) is 5.75. The van der Waals surface area contributed by atoms with Gasteiger partial charge in [0, 0.05) is 30.9 Å². The smallest absolute Gasteiger partial charge is 0.164 e. The molecular weight excluding hydrogens is 260 g/mol. The Hall–Kier alpha value is -2.34. The molecule has 1 aromatic heterocycles. The monoisotopic (exact) mass is 278 g/mol. The normalized spacial score (nSPS) is 14.4. The molecule has 0 bridgehead atoms. The Bertz CT molecular complexity index is 734. The molecule has 106 valence electrons. The summed E-state index contributed by atoms with van der Waals surface area (Å²) in [5, 5.41) is 8.92. The third kappa shape index (κ3) is 2.75. The number of nitriles is 1. The minimum atomic E-state index is 0.276. The lowest BCUT2D eigenvalue weighted by Gasteiger charge is -2.07. The van der Waals surface area contributed by atoms with Gasteiger partial charge in [0.2, 0.25) is 0 Å². The molecule has 0 fully saturated rings. The maximum Gasteiger partial charge on any atom is 0.164 e. The van der Waals surface area contributed by atoms with Crippen LogP contribution in [0.1, 0.15) is 51.9 Å². The van der Waals surface area contributed by atoms with E-state index in [9.17, 15) is 4.79 Å². The summed E-state index contributed by atoms with van der Waals surface area (Å²) in [5.41, 5.74) is 5.08. The number of nitrogens with zero attached hydrogens (tertiary/aromatic N) is 2. The van der Waals surface area contributed by atoms with Gasteiger partial charge in [0.15, 0.2) is 5.78 Å². The zero-order chi connectivity index (χ0) is 14.8. The lowest BCUT2D eigenvalue weighted by molar-refractivity contribution is 0.0982. The second kappa shape index (κ2) is 5.57. The molecule has 0 amide bonds. The number of hydrogen-bond acceptors (Lipinski definition) is 2. The molecule has 0 aliphatic heterocycles. The number of fused-ring (bicyclic) bond motifs is 1. The molecule has 1 heterocycles.